The lowest BCUT2D eigenvalue weighted by Gasteiger charge is -2.34. The highest BCUT2D eigenvalue weighted by molar-refractivity contribution is 6.01. The van der Waals surface area contributed by atoms with Crippen molar-refractivity contribution in [2.75, 3.05) is 40.0 Å². The van der Waals surface area contributed by atoms with Crippen LogP contribution in [0, 0.1) is 0 Å². The van der Waals surface area contributed by atoms with Crippen molar-refractivity contribution >= 4 is 17.8 Å². The number of nitrogens with zero attached hydrogens (tertiary/aromatic N) is 1. The van der Waals surface area contributed by atoms with Crippen molar-refractivity contribution in [3.63, 3.8) is 0 Å². The zero-order valence-corrected chi connectivity index (χ0v) is 20.7. The molecular formula is C26H40N2O6. The molecule has 1 fully saturated rings. The number of benzene rings is 1. The molecule has 1 aromatic carbocycles. The third-order valence-corrected chi connectivity index (χ3v) is 5.88. The van der Waals surface area contributed by atoms with Crippen LogP contribution in [-0.2, 0) is 19.1 Å². The molecule has 190 valence electrons. The topological polar surface area (TPSA) is 94.2 Å². The Kier molecular flexibility index (Phi) is 13.1. The van der Waals surface area contributed by atoms with Gasteiger partial charge in [-0.15, -0.1) is 0 Å². The number of carbonyl (C=O) groups excluding carboxylic acids is 3. The van der Waals surface area contributed by atoms with E-state index in [1.54, 1.807) is 31.4 Å². The fourth-order valence-electron chi connectivity index (χ4n) is 3.96. The van der Waals surface area contributed by atoms with Crippen LogP contribution >= 0.6 is 0 Å². The number of para-hydroxylation sites is 1. The van der Waals surface area contributed by atoms with Gasteiger partial charge in [0.05, 0.1) is 25.2 Å². The summed E-state index contributed by atoms with van der Waals surface area (Å²) in [6.45, 7) is 3.89. The van der Waals surface area contributed by atoms with E-state index in [4.69, 9.17) is 14.2 Å². The second kappa shape index (κ2) is 16.1. The minimum atomic E-state index is -0.903. The SMILES string of the molecule is CCCCCCCCCCOC(=O)CC1C(=O)NCCN1C(=O)c1ccccc1OCCOC. The summed E-state index contributed by atoms with van der Waals surface area (Å²) in [6.07, 6.45) is 9.10. The summed E-state index contributed by atoms with van der Waals surface area (Å²) >= 11 is 0. The minimum absolute atomic E-state index is 0.165. The van der Waals surface area contributed by atoms with Gasteiger partial charge in [-0.2, -0.15) is 0 Å². The first kappa shape index (κ1) is 27.6. The van der Waals surface area contributed by atoms with Crippen molar-refractivity contribution in [3.8, 4) is 5.75 Å². The number of amides is 2. The van der Waals surface area contributed by atoms with E-state index in [0.717, 1.165) is 19.3 Å². The minimum Gasteiger partial charge on any atom is -0.490 e. The number of hydrogen-bond donors (Lipinski definition) is 1. The van der Waals surface area contributed by atoms with Crippen LogP contribution in [0.2, 0.25) is 0 Å². The Hall–Kier alpha value is -2.61. The summed E-state index contributed by atoms with van der Waals surface area (Å²) in [5.41, 5.74) is 0.352. The van der Waals surface area contributed by atoms with E-state index >= 15 is 0 Å². The van der Waals surface area contributed by atoms with E-state index < -0.39 is 12.0 Å². The van der Waals surface area contributed by atoms with Gasteiger partial charge in [0, 0.05) is 20.2 Å². The first-order valence-electron chi connectivity index (χ1n) is 12.5. The lowest BCUT2D eigenvalue weighted by atomic mass is 10.1. The Morgan fingerprint density at radius 1 is 1.00 bits per heavy atom. The zero-order chi connectivity index (χ0) is 24.6. The van der Waals surface area contributed by atoms with Crippen molar-refractivity contribution in [1.29, 1.82) is 0 Å². The molecule has 8 heteroatoms. The Labute approximate surface area is 203 Å². The van der Waals surface area contributed by atoms with E-state index in [9.17, 15) is 14.4 Å². The molecule has 0 radical (unpaired) electrons. The first-order valence-corrected chi connectivity index (χ1v) is 12.5. The second-order valence-electron chi connectivity index (χ2n) is 8.54. The molecule has 2 rings (SSSR count). The summed E-state index contributed by atoms with van der Waals surface area (Å²) in [5, 5.41) is 2.75. The smallest absolute Gasteiger partial charge is 0.308 e. The third-order valence-electron chi connectivity index (χ3n) is 5.88. The van der Waals surface area contributed by atoms with Gasteiger partial charge in [-0.3, -0.25) is 14.4 Å². The average molecular weight is 477 g/mol. The Bertz CT molecular complexity index is 769. The molecular weight excluding hydrogens is 436 g/mol. The van der Waals surface area contributed by atoms with E-state index in [2.05, 4.69) is 12.2 Å². The van der Waals surface area contributed by atoms with Crippen LogP contribution in [0.15, 0.2) is 24.3 Å². The highest BCUT2D eigenvalue weighted by Crippen LogP contribution is 2.23. The average Bonchev–Trinajstić information content (AvgIpc) is 2.84. The molecule has 34 heavy (non-hydrogen) atoms. The monoisotopic (exact) mass is 476 g/mol. The molecule has 1 heterocycles. The van der Waals surface area contributed by atoms with Gasteiger partial charge in [0.2, 0.25) is 5.91 Å². The van der Waals surface area contributed by atoms with Crippen LogP contribution in [-0.4, -0.2) is 68.7 Å². The third kappa shape index (κ3) is 9.33. The van der Waals surface area contributed by atoms with Crippen molar-refractivity contribution in [2.45, 2.75) is 70.8 Å². The van der Waals surface area contributed by atoms with Crippen LogP contribution in [0.5, 0.6) is 5.75 Å². The van der Waals surface area contributed by atoms with Crippen LogP contribution in [0.3, 0.4) is 0 Å². The van der Waals surface area contributed by atoms with Gasteiger partial charge in [0.25, 0.3) is 5.91 Å². The standard InChI is InChI=1S/C26H40N2O6/c1-3-4-5-6-7-8-9-12-17-34-24(29)20-22-25(30)27-15-16-28(22)26(31)21-13-10-11-14-23(21)33-19-18-32-2/h10-11,13-14,22H,3-9,12,15-20H2,1-2H3,(H,27,30). The number of rotatable bonds is 16. The Morgan fingerprint density at radius 3 is 2.44 bits per heavy atom. The summed E-state index contributed by atoms with van der Waals surface area (Å²) < 4.78 is 16.1. The molecule has 1 aromatic rings. The number of esters is 1. The number of ether oxygens (including phenoxy) is 3. The van der Waals surface area contributed by atoms with Gasteiger partial charge in [0.1, 0.15) is 18.4 Å². The van der Waals surface area contributed by atoms with Crippen LogP contribution in [0.1, 0.15) is 75.1 Å². The molecule has 0 spiro atoms. The first-order chi connectivity index (χ1) is 16.6. The maximum Gasteiger partial charge on any atom is 0.308 e. The molecule has 8 nitrogen and oxygen atoms in total. The molecule has 1 atom stereocenters. The van der Waals surface area contributed by atoms with Crippen LogP contribution in [0.25, 0.3) is 0 Å². The maximum absolute atomic E-state index is 13.3. The number of hydrogen-bond acceptors (Lipinski definition) is 6. The fourth-order valence-corrected chi connectivity index (χ4v) is 3.96. The van der Waals surface area contributed by atoms with E-state index in [1.807, 2.05) is 0 Å². The van der Waals surface area contributed by atoms with Crippen molar-refractivity contribution in [2.24, 2.45) is 0 Å². The van der Waals surface area contributed by atoms with Gasteiger partial charge in [-0.05, 0) is 18.6 Å². The number of nitrogens with one attached hydrogen (secondary N) is 1. The Balaban J connectivity index is 1.86. The summed E-state index contributed by atoms with van der Waals surface area (Å²) in [6, 6.07) is 5.99. The molecule has 0 aromatic heterocycles. The lowest BCUT2D eigenvalue weighted by Crippen LogP contribution is -2.57. The van der Waals surface area contributed by atoms with E-state index in [1.165, 1.54) is 37.0 Å². The van der Waals surface area contributed by atoms with Crippen molar-refractivity contribution < 1.29 is 28.6 Å². The number of piperazine rings is 1. The molecule has 1 saturated heterocycles. The van der Waals surface area contributed by atoms with Gasteiger partial charge in [-0.25, -0.2) is 0 Å². The zero-order valence-electron chi connectivity index (χ0n) is 20.7. The van der Waals surface area contributed by atoms with Gasteiger partial charge < -0.3 is 24.4 Å². The molecule has 0 bridgehead atoms. The van der Waals surface area contributed by atoms with Gasteiger partial charge in [-0.1, -0.05) is 64.0 Å². The second-order valence-corrected chi connectivity index (χ2v) is 8.54. The molecule has 1 aliphatic rings. The molecule has 2 amide bonds. The highest BCUT2D eigenvalue weighted by Gasteiger charge is 2.36. The maximum atomic E-state index is 13.3. The van der Waals surface area contributed by atoms with Crippen molar-refractivity contribution in [1.82, 2.24) is 10.2 Å². The lowest BCUT2D eigenvalue weighted by molar-refractivity contribution is -0.147. The molecule has 1 aliphatic heterocycles. The highest BCUT2D eigenvalue weighted by atomic mass is 16.5. The normalized spacial score (nSPS) is 15.6. The van der Waals surface area contributed by atoms with Crippen LogP contribution < -0.4 is 10.1 Å². The summed E-state index contributed by atoms with van der Waals surface area (Å²) in [5.74, 6) is -0.732. The van der Waals surface area contributed by atoms with Gasteiger partial charge in [0.15, 0.2) is 0 Å². The van der Waals surface area contributed by atoms with E-state index in [-0.39, 0.29) is 18.2 Å². The van der Waals surface area contributed by atoms with E-state index in [0.29, 0.717) is 44.2 Å². The Morgan fingerprint density at radius 2 is 1.71 bits per heavy atom. The number of methoxy groups -OCH3 is 1. The molecule has 1 unspecified atom stereocenters. The molecule has 0 aliphatic carbocycles. The number of unbranched alkanes of at least 4 members (excludes halogenated alkanes) is 7. The predicted molar refractivity (Wildman–Crippen MR) is 130 cm³/mol. The van der Waals surface area contributed by atoms with Crippen LogP contribution in [0.4, 0.5) is 0 Å². The van der Waals surface area contributed by atoms with Gasteiger partial charge >= 0.3 is 5.97 Å². The fraction of sp³-hybridized carbons (Fsp3) is 0.654. The number of carbonyl (C=O) groups is 3. The largest absolute Gasteiger partial charge is 0.490 e. The van der Waals surface area contributed by atoms with Crippen molar-refractivity contribution in [3.05, 3.63) is 29.8 Å². The molecule has 1 N–H and O–H groups in total. The predicted octanol–water partition coefficient (Wildman–Crippen LogP) is 3.73. The quantitative estimate of drug-likeness (QED) is 0.289. The molecule has 0 saturated carbocycles. The summed E-state index contributed by atoms with van der Waals surface area (Å²) in [4.78, 5) is 39.7. The summed E-state index contributed by atoms with van der Waals surface area (Å²) in [7, 11) is 1.57.